The number of rotatable bonds is 5. The van der Waals surface area contributed by atoms with Gasteiger partial charge in [-0.3, -0.25) is 0 Å². The van der Waals surface area contributed by atoms with Crippen molar-refractivity contribution in [2.75, 3.05) is 0 Å². The van der Waals surface area contributed by atoms with Crippen LogP contribution < -0.4 is 0 Å². The van der Waals surface area contributed by atoms with Gasteiger partial charge < -0.3 is 4.42 Å². The van der Waals surface area contributed by atoms with E-state index in [9.17, 15) is 0 Å². The Morgan fingerprint density at radius 1 is 0.291 bits per heavy atom. The van der Waals surface area contributed by atoms with E-state index in [-0.39, 0.29) is 0 Å². The fourth-order valence-electron chi connectivity index (χ4n) is 7.83. The molecule has 11 aromatic rings. The first-order chi connectivity index (χ1) is 27.2. The lowest BCUT2D eigenvalue weighted by atomic mass is 9.96. The molecule has 0 aliphatic rings. The van der Waals surface area contributed by atoms with Crippen LogP contribution in [0.2, 0.25) is 0 Å². The zero-order valence-electron chi connectivity index (χ0n) is 29.6. The molecule has 0 spiro atoms. The molecule has 0 aliphatic heterocycles. The first-order valence-corrected chi connectivity index (χ1v) is 18.5. The second-order valence-corrected chi connectivity index (χ2v) is 14.1. The maximum absolute atomic E-state index is 6.55. The van der Waals surface area contributed by atoms with E-state index in [1.165, 1.54) is 26.9 Å². The van der Waals surface area contributed by atoms with Crippen LogP contribution in [0, 0.1) is 0 Å². The Balaban J connectivity index is 1.12. The fraction of sp³-hybridized carbons (Fsp3) is 0. The van der Waals surface area contributed by atoms with E-state index in [2.05, 4.69) is 176 Å². The van der Waals surface area contributed by atoms with E-state index in [4.69, 9.17) is 19.4 Å². The molecule has 0 N–H and O–H groups in total. The van der Waals surface area contributed by atoms with Crippen molar-refractivity contribution in [2.24, 2.45) is 0 Å². The molecule has 0 fully saturated rings. The molecule has 0 unspecified atom stereocenters. The molecule has 256 valence electrons. The van der Waals surface area contributed by atoms with Crippen LogP contribution in [-0.2, 0) is 0 Å². The monoisotopic (exact) mass is 701 g/mol. The number of benzene rings is 9. The van der Waals surface area contributed by atoms with Crippen molar-refractivity contribution >= 4 is 54.3 Å². The number of hydrogen-bond acceptors (Lipinski definition) is 4. The maximum Gasteiger partial charge on any atom is 0.164 e. The van der Waals surface area contributed by atoms with E-state index >= 15 is 0 Å². The van der Waals surface area contributed by atoms with Gasteiger partial charge >= 0.3 is 0 Å². The quantitative estimate of drug-likeness (QED) is 0.179. The lowest BCUT2D eigenvalue weighted by Gasteiger charge is -2.12. The van der Waals surface area contributed by atoms with E-state index in [0.29, 0.717) is 17.5 Å². The van der Waals surface area contributed by atoms with E-state index < -0.39 is 0 Å². The summed E-state index contributed by atoms with van der Waals surface area (Å²) >= 11 is 0. The Hall–Kier alpha value is -7.43. The van der Waals surface area contributed by atoms with Crippen molar-refractivity contribution in [2.45, 2.75) is 0 Å². The predicted octanol–water partition coefficient (Wildman–Crippen LogP) is 13.6. The average Bonchev–Trinajstić information content (AvgIpc) is 3.64. The Labute approximate surface area is 317 Å². The SMILES string of the molecule is c1ccc2cc(-c3ccc(-c4nc(-c5ccc6ccccc6c5)nc(-c5cc(-c6ccc7ccccc7c6)cc6oc7ccccc7c56)n4)cc3)ccc2c1. The molecule has 2 aromatic heterocycles. The van der Waals surface area contributed by atoms with Crippen LogP contribution in [0.25, 0.3) is 111 Å². The summed E-state index contributed by atoms with van der Waals surface area (Å²) in [6.45, 7) is 0. The summed E-state index contributed by atoms with van der Waals surface area (Å²) in [5, 5.41) is 9.12. The van der Waals surface area contributed by atoms with Gasteiger partial charge in [0.15, 0.2) is 17.5 Å². The minimum Gasteiger partial charge on any atom is -0.456 e. The number of hydrogen-bond donors (Lipinski definition) is 0. The van der Waals surface area contributed by atoms with Crippen molar-refractivity contribution in [3.8, 4) is 56.4 Å². The fourth-order valence-corrected chi connectivity index (χ4v) is 7.83. The third kappa shape index (κ3) is 5.51. The third-order valence-corrected chi connectivity index (χ3v) is 10.7. The molecule has 9 aromatic carbocycles. The van der Waals surface area contributed by atoms with Crippen molar-refractivity contribution in [1.82, 2.24) is 15.0 Å². The number of fused-ring (bicyclic) bond motifs is 6. The number of para-hydroxylation sites is 1. The van der Waals surface area contributed by atoms with Gasteiger partial charge in [0.25, 0.3) is 0 Å². The van der Waals surface area contributed by atoms with Gasteiger partial charge in [0.2, 0.25) is 0 Å². The Bertz CT molecular complexity index is 3270. The van der Waals surface area contributed by atoms with Crippen LogP contribution in [0.5, 0.6) is 0 Å². The molecule has 0 bridgehead atoms. The topological polar surface area (TPSA) is 51.8 Å². The summed E-state index contributed by atoms with van der Waals surface area (Å²) in [7, 11) is 0. The van der Waals surface area contributed by atoms with E-state index in [1.54, 1.807) is 0 Å². The van der Waals surface area contributed by atoms with Crippen molar-refractivity contribution in [3.05, 3.63) is 188 Å². The highest BCUT2D eigenvalue weighted by atomic mass is 16.3. The molecule has 0 saturated heterocycles. The van der Waals surface area contributed by atoms with Crippen molar-refractivity contribution in [1.29, 1.82) is 0 Å². The normalized spacial score (nSPS) is 11.6. The van der Waals surface area contributed by atoms with E-state index in [1.807, 2.05) is 12.1 Å². The van der Waals surface area contributed by atoms with Gasteiger partial charge in [0.05, 0.1) is 0 Å². The van der Waals surface area contributed by atoms with Gasteiger partial charge in [-0.25, -0.2) is 15.0 Å². The first-order valence-electron chi connectivity index (χ1n) is 18.5. The van der Waals surface area contributed by atoms with Crippen LogP contribution in [-0.4, -0.2) is 15.0 Å². The molecule has 55 heavy (non-hydrogen) atoms. The molecule has 0 saturated carbocycles. The zero-order chi connectivity index (χ0) is 36.3. The summed E-state index contributed by atoms with van der Waals surface area (Å²) in [6.07, 6.45) is 0. The van der Waals surface area contributed by atoms with Crippen LogP contribution in [0.15, 0.2) is 192 Å². The molecule has 4 nitrogen and oxygen atoms in total. The summed E-state index contributed by atoms with van der Waals surface area (Å²) in [6, 6.07) is 65.9. The lowest BCUT2D eigenvalue weighted by molar-refractivity contribution is 0.669. The molecular formula is C51H31N3O. The zero-order valence-corrected chi connectivity index (χ0v) is 29.6. The molecule has 0 amide bonds. The Morgan fingerprint density at radius 3 is 1.38 bits per heavy atom. The van der Waals surface area contributed by atoms with Gasteiger partial charge in [-0.15, -0.1) is 0 Å². The average molecular weight is 702 g/mol. The molecule has 0 aliphatic carbocycles. The van der Waals surface area contributed by atoms with Gasteiger partial charge in [0, 0.05) is 27.5 Å². The number of aromatic nitrogens is 3. The second-order valence-electron chi connectivity index (χ2n) is 14.1. The van der Waals surface area contributed by atoms with Gasteiger partial charge in [-0.05, 0) is 91.0 Å². The number of furan rings is 1. The van der Waals surface area contributed by atoms with Crippen LogP contribution >= 0.6 is 0 Å². The van der Waals surface area contributed by atoms with Gasteiger partial charge in [0.1, 0.15) is 11.2 Å². The molecule has 4 heteroatoms. The highest BCUT2D eigenvalue weighted by Gasteiger charge is 2.20. The minimum atomic E-state index is 0.589. The van der Waals surface area contributed by atoms with Crippen molar-refractivity contribution in [3.63, 3.8) is 0 Å². The second kappa shape index (κ2) is 12.6. The highest BCUT2D eigenvalue weighted by molar-refractivity contribution is 6.13. The summed E-state index contributed by atoms with van der Waals surface area (Å²) in [5.74, 6) is 1.81. The molecule has 0 atom stereocenters. The Kier molecular flexibility index (Phi) is 7.14. The van der Waals surface area contributed by atoms with Crippen molar-refractivity contribution < 1.29 is 4.42 Å². The smallest absolute Gasteiger partial charge is 0.164 e. The van der Waals surface area contributed by atoms with Gasteiger partial charge in [-0.1, -0.05) is 152 Å². The highest BCUT2D eigenvalue weighted by Crippen LogP contribution is 2.40. The van der Waals surface area contributed by atoms with E-state index in [0.717, 1.165) is 66.3 Å². The van der Waals surface area contributed by atoms with Gasteiger partial charge in [-0.2, -0.15) is 0 Å². The largest absolute Gasteiger partial charge is 0.456 e. The first kappa shape index (κ1) is 31.1. The molecule has 2 heterocycles. The van der Waals surface area contributed by atoms with Crippen LogP contribution in [0.1, 0.15) is 0 Å². The predicted molar refractivity (Wildman–Crippen MR) is 227 cm³/mol. The number of nitrogens with zero attached hydrogens (tertiary/aromatic N) is 3. The summed E-state index contributed by atoms with van der Waals surface area (Å²) < 4.78 is 6.55. The van der Waals surface area contributed by atoms with Crippen LogP contribution in [0.4, 0.5) is 0 Å². The molecule has 11 rings (SSSR count). The summed E-state index contributed by atoms with van der Waals surface area (Å²) in [5.41, 5.74) is 8.76. The third-order valence-electron chi connectivity index (χ3n) is 10.7. The maximum atomic E-state index is 6.55. The Morgan fingerprint density at radius 2 is 0.745 bits per heavy atom. The molecule has 0 radical (unpaired) electrons. The van der Waals surface area contributed by atoms with Crippen LogP contribution in [0.3, 0.4) is 0 Å². The lowest BCUT2D eigenvalue weighted by Crippen LogP contribution is -2.01. The molecular weight excluding hydrogens is 671 g/mol. The summed E-state index contributed by atoms with van der Waals surface area (Å²) in [4.78, 5) is 15.7. The minimum absolute atomic E-state index is 0.589. The standard InChI is InChI=1S/C51H31N3O/c1-4-12-37-27-40(24-19-32(37)9-1)35-17-22-36(23-18-35)49-52-50(42-26-21-34-11-3-6-14-39(34)29-42)54-51(53-49)45-30-43(41-25-20-33-10-2-5-13-38(33)28-41)31-47-48(45)44-15-7-8-16-46(44)55-47/h1-31H.